The van der Waals surface area contributed by atoms with E-state index in [1.54, 1.807) is 29.1 Å². The first kappa shape index (κ1) is 13.2. The molecule has 1 saturated heterocycles. The standard InChI is InChI=1S/C14H15F2N3O/c15-14(16)10-9-18-19(12-6-2-4-8-20-12)13(10)11-5-1-3-7-17-11/h1,3,5,7,9,12,14H,2,4,6,8H2. The topological polar surface area (TPSA) is 39.9 Å². The highest BCUT2D eigenvalue weighted by Gasteiger charge is 2.26. The van der Waals surface area contributed by atoms with Crippen molar-refractivity contribution in [2.45, 2.75) is 31.9 Å². The molecule has 0 radical (unpaired) electrons. The third-order valence-corrected chi connectivity index (χ3v) is 3.39. The summed E-state index contributed by atoms with van der Waals surface area (Å²) in [6, 6.07) is 5.24. The maximum atomic E-state index is 13.2. The quantitative estimate of drug-likeness (QED) is 0.862. The summed E-state index contributed by atoms with van der Waals surface area (Å²) in [5.41, 5.74) is 0.750. The van der Waals surface area contributed by atoms with E-state index >= 15 is 0 Å². The van der Waals surface area contributed by atoms with Gasteiger partial charge in [0.25, 0.3) is 6.43 Å². The number of ether oxygens (including phenoxy) is 1. The molecular formula is C14H15F2N3O. The van der Waals surface area contributed by atoms with Crippen LogP contribution in [0.1, 0.15) is 37.5 Å². The van der Waals surface area contributed by atoms with Gasteiger partial charge in [0.15, 0.2) is 6.23 Å². The van der Waals surface area contributed by atoms with Crippen molar-refractivity contribution >= 4 is 0 Å². The van der Waals surface area contributed by atoms with Gasteiger partial charge in [0.1, 0.15) is 0 Å². The fourth-order valence-corrected chi connectivity index (χ4v) is 2.44. The molecule has 1 atom stereocenters. The molecule has 0 spiro atoms. The van der Waals surface area contributed by atoms with Crippen molar-refractivity contribution in [2.24, 2.45) is 0 Å². The van der Waals surface area contributed by atoms with Crippen LogP contribution in [0.25, 0.3) is 11.4 Å². The molecule has 3 heterocycles. The highest BCUT2D eigenvalue weighted by molar-refractivity contribution is 5.59. The number of alkyl halides is 2. The zero-order valence-corrected chi connectivity index (χ0v) is 10.9. The Kier molecular flexibility index (Phi) is 3.73. The number of pyridine rings is 1. The first-order chi connectivity index (χ1) is 9.77. The summed E-state index contributed by atoms with van der Waals surface area (Å²) in [5.74, 6) is 0. The molecule has 0 aromatic carbocycles. The molecule has 20 heavy (non-hydrogen) atoms. The first-order valence-electron chi connectivity index (χ1n) is 6.66. The average Bonchev–Trinajstić information content (AvgIpc) is 2.94. The Morgan fingerprint density at radius 3 is 2.85 bits per heavy atom. The van der Waals surface area contributed by atoms with Gasteiger partial charge in [0.05, 0.1) is 23.1 Å². The summed E-state index contributed by atoms with van der Waals surface area (Å²) in [5, 5.41) is 4.11. The van der Waals surface area contributed by atoms with E-state index in [1.165, 1.54) is 6.20 Å². The van der Waals surface area contributed by atoms with E-state index in [0.717, 1.165) is 19.3 Å². The SMILES string of the molecule is FC(F)c1cnn(C2CCCCO2)c1-c1ccccn1. The van der Waals surface area contributed by atoms with Gasteiger partial charge in [0, 0.05) is 12.8 Å². The summed E-state index contributed by atoms with van der Waals surface area (Å²) in [4.78, 5) is 4.17. The average molecular weight is 279 g/mol. The predicted molar refractivity (Wildman–Crippen MR) is 69.3 cm³/mol. The van der Waals surface area contributed by atoms with Gasteiger partial charge in [-0.05, 0) is 31.4 Å². The molecule has 0 amide bonds. The fraction of sp³-hybridized carbons (Fsp3) is 0.429. The lowest BCUT2D eigenvalue weighted by atomic mass is 10.1. The van der Waals surface area contributed by atoms with Crippen LogP contribution in [-0.4, -0.2) is 21.4 Å². The second-order valence-corrected chi connectivity index (χ2v) is 4.73. The van der Waals surface area contributed by atoms with Crippen LogP contribution < -0.4 is 0 Å². The van der Waals surface area contributed by atoms with Crippen molar-refractivity contribution in [2.75, 3.05) is 6.61 Å². The fourth-order valence-electron chi connectivity index (χ4n) is 2.44. The van der Waals surface area contributed by atoms with Crippen molar-refractivity contribution in [1.29, 1.82) is 0 Å². The predicted octanol–water partition coefficient (Wildman–Crippen LogP) is 3.58. The molecule has 0 N–H and O–H groups in total. The van der Waals surface area contributed by atoms with Gasteiger partial charge in [0.2, 0.25) is 0 Å². The van der Waals surface area contributed by atoms with Crippen LogP contribution in [0, 0.1) is 0 Å². The molecule has 0 bridgehead atoms. The smallest absolute Gasteiger partial charge is 0.267 e. The van der Waals surface area contributed by atoms with Crippen LogP contribution in [0.4, 0.5) is 8.78 Å². The molecule has 106 valence electrons. The minimum absolute atomic E-state index is 0.0992. The van der Waals surface area contributed by atoms with E-state index in [0.29, 0.717) is 18.0 Å². The van der Waals surface area contributed by atoms with Gasteiger partial charge in [-0.1, -0.05) is 6.07 Å². The molecule has 6 heteroatoms. The lowest BCUT2D eigenvalue weighted by Gasteiger charge is -2.24. The number of hydrogen-bond acceptors (Lipinski definition) is 3. The largest absolute Gasteiger partial charge is 0.356 e. The number of aromatic nitrogens is 3. The van der Waals surface area contributed by atoms with Crippen LogP contribution in [0.15, 0.2) is 30.6 Å². The molecular weight excluding hydrogens is 264 g/mol. The van der Waals surface area contributed by atoms with Gasteiger partial charge >= 0.3 is 0 Å². The van der Waals surface area contributed by atoms with Crippen LogP contribution in [0.2, 0.25) is 0 Å². The minimum Gasteiger partial charge on any atom is -0.356 e. The number of hydrogen-bond donors (Lipinski definition) is 0. The molecule has 1 fully saturated rings. The maximum Gasteiger partial charge on any atom is 0.267 e. The van der Waals surface area contributed by atoms with Crippen LogP contribution in [0.3, 0.4) is 0 Å². The van der Waals surface area contributed by atoms with Crippen molar-refractivity contribution in [3.05, 3.63) is 36.2 Å². The summed E-state index contributed by atoms with van der Waals surface area (Å²) in [6.45, 7) is 0.635. The first-order valence-corrected chi connectivity index (χ1v) is 6.66. The van der Waals surface area contributed by atoms with E-state index in [-0.39, 0.29) is 11.8 Å². The Labute approximate surface area is 115 Å². The van der Waals surface area contributed by atoms with E-state index in [1.807, 2.05) is 0 Å². The normalized spacial score (nSPS) is 19.4. The van der Waals surface area contributed by atoms with Crippen LogP contribution in [-0.2, 0) is 4.74 Å². The zero-order valence-electron chi connectivity index (χ0n) is 10.9. The molecule has 0 saturated carbocycles. The van der Waals surface area contributed by atoms with Crippen LogP contribution in [0.5, 0.6) is 0 Å². The van der Waals surface area contributed by atoms with Gasteiger partial charge in [-0.3, -0.25) is 4.98 Å². The highest BCUT2D eigenvalue weighted by atomic mass is 19.3. The van der Waals surface area contributed by atoms with E-state index in [2.05, 4.69) is 10.1 Å². The molecule has 1 aliphatic rings. The third kappa shape index (κ3) is 2.43. The minimum atomic E-state index is -2.58. The molecule has 4 nitrogen and oxygen atoms in total. The summed E-state index contributed by atoms with van der Waals surface area (Å²) in [6.07, 6.45) is 2.73. The maximum absolute atomic E-state index is 13.2. The molecule has 2 aromatic heterocycles. The van der Waals surface area contributed by atoms with Gasteiger partial charge in [-0.25, -0.2) is 13.5 Å². The molecule has 1 aliphatic heterocycles. The monoisotopic (exact) mass is 279 g/mol. The zero-order chi connectivity index (χ0) is 13.9. The van der Waals surface area contributed by atoms with Gasteiger partial charge in [-0.15, -0.1) is 0 Å². The Morgan fingerprint density at radius 1 is 1.30 bits per heavy atom. The summed E-state index contributed by atoms with van der Waals surface area (Å²) < 4.78 is 33.5. The second kappa shape index (κ2) is 5.66. The third-order valence-electron chi connectivity index (χ3n) is 3.39. The van der Waals surface area contributed by atoms with Crippen molar-refractivity contribution in [3.8, 4) is 11.4 Å². The molecule has 0 aliphatic carbocycles. The second-order valence-electron chi connectivity index (χ2n) is 4.73. The Bertz CT molecular complexity index is 565. The van der Waals surface area contributed by atoms with Crippen molar-refractivity contribution < 1.29 is 13.5 Å². The van der Waals surface area contributed by atoms with E-state index in [4.69, 9.17) is 4.74 Å². The number of nitrogens with zero attached hydrogens (tertiary/aromatic N) is 3. The Morgan fingerprint density at radius 2 is 2.20 bits per heavy atom. The summed E-state index contributed by atoms with van der Waals surface area (Å²) >= 11 is 0. The van der Waals surface area contributed by atoms with Gasteiger partial charge in [-0.2, -0.15) is 5.10 Å². The molecule has 1 unspecified atom stereocenters. The van der Waals surface area contributed by atoms with Crippen molar-refractivity contribution in [3.63, 3.8) is 0 Å². The molecule has 2 aromatic rings. The lowest BCUT2D eigenvalue weighted by molar-refractivity contribution is -0.0385. The lowest BCUT2D eigenvalue weighted by Crippen LogP contribution is -2.20. The van der Waals surface area contributed by atoms with Crippen molar-refractivity contribution in [1.82, 2.24) is 14.8 Å². The Balaban J connectivity index is 2.06. The van der Waals surface area contributed by atoms with E-state index in [9.17, 15) is 8.78 Å². The number of halogens is 2. The highest BCUT2D eigenvalue weighted by Crippen LogP contribution is 2.34. The van der Waals surface area contributed by atoms with Gasteiger partial charge < -0.3 is 4.74 Å². The number of rotatable bonds is 3. The molecule has 3 rings (SSSR count). The van der Waals surface area contributed by atoms with E-state index < -0.39 is 6.43 Å². The Hall–Kier alpha value is -1.82. The summed E-state index contributed by atoms with van der Waals surface area (Å²) in [7, 11) is 0. The van der Waals surface area contributed by atoms with Crippen LogP contribution >= 0.6 is 0 Å².